The lowest BCUT2D eigenvalue weighted by atomic mass is 10.2. The second-order valence-corrected chi connectivity index (χ2v) is 7.59. The first kappa shape index (κ1) is 17.9. The first-order valence-electron chi connectivity index (χ1n) is 8.39. The van der Waals surface area contributed by atoms with Crippen molar-refractivity contribution in [1.82, 2.24) is 15.2 Å². The summed E-state index contributed by atoms with van der Waals surface area (Å²) in [5.41, 5.74) is 3.48. The number of amides is 2. The lowest BCUT2D eigenvalue weighted by molar-refractivity contribution is -0.129. The Balaban J connectivity index is 1.51. The number of benzene rings is 1. The third-order valence-electron chi connectivity index (χ3n) is 4.07. The summed E-state index contributed by atoms with van der Waals surface area (Å²) in [5, 5.41) is 4.89. The number of thioether (sulfide) groups is 1. The van der Waals surface area contributed by atoms with Crippen molar-refractivity contribution < 1.29 is 9.59 Å². The molecule has 1 aromatic heterocycles. The van der Waals surface area contributed by atoms with Crippen LogP contribution in [0.1, 0.15) is 35.3 Å². The maximum Gasteiger partial charge on any atom is 0.252 e. The van der Waals surface area contributed by atoms with Gasteiger partial charge >= 0.3 is 0 Å². The van der Waals surface area contributed by atoms with E-state index < -0.39 is 0 Å². The molecular formula is C18H21N3O2S2. The lowest BCUT2D eigenvalue weighted by Gasteiger charge is -2.15. The molecule has 1 aromatic carbocycles. The van der Waals surface area contributed by atoms with Gasteiger partial charge < -0.3 is 10.2 Å². The number of nitrogens with one attached hydrogen (secondary N) is 1. The van der Waals surface area contributed by atoms with Crippen LogP contribution in [0, 0.1) is 0 Å². The minimum atomic E-state index is -0.129. The number of nitrogens with zero attached hydrogens (tertiary/aromatic N) is 2. The van der Waals surface area contributed by atoms with Gasteiger partial charge in [-0.15, -0.1) is 23.1 Å². The maximum atomic E-state index is 12.5. The molecule has 2 heterocycles. The highest BCUT2D eigenvalue weighted by Gasteiger charge is 2.18. The van der Waals surface area contributed by atoms with E-state index in [1.807, 2.05) is 40.1 Å². The van der Waals surface area contributed by atoms with Gasteiger partial charge in [0.1, 0.15) is 0 Å². The predicted molar refractivity (Wildman–Crippen MR) is 101 cm³/mol. The number of aromatic nitrogens is 1. The summed E-state index contributed by atoms with van der Waals surface area (Å²) < 4.78 is 0. The molecule has 2 amide bonds. The van der Waals surface area contributed by atoms with Crippen LogP contribution in [-0.4, -0.2) is 41.3 Å². The number of hydrogen-bond acceptors (Lipinski definition) is 5. The summed E-state index contributed by atoms with van der Waals surface area (Å²) in [4.78, 5) is 31.6. The number of carbonyl (C=O) groups is 2. The SMILES string of the molecule is O=C(NCCC(=O)N1CCCC1)c1ccccc1SCc1cscn1. The zero-order valence-electron chi connectivity index (χ0n) is 13.9. The summed E-state index contributed by atoms with van der Waals surface area (Å²) in [7, 11) is 0. The van der Waals surface area contributed by atoms with E-state index >= 15 is 0 Å². The summed E-state index contributed by atoms with van der Waals surface area (Å²) in [6.45, 7) is 2.07. The molecule has 1 saturated heterocycles. The summed E-state index contributed by atoms with van der Waals surface area (Å²) in [5.74, 6) is 0.737. The van der Waals surface area contributed by atoms with Crippen molar-refractivity contribution in [3.05, 3.63) is 46.4 Å². The van der Waals surface area contributed by atoms with Gasteiger partial charge in [-0.25, -0.2) is 4.98 Å². The normalized spacial score (nSPS) is 13.8. The lowest BCUT2D eigenvalue weighted by Crippen LogP contribution is -2.32. The van der Waals surface area contributed by atoms with Crippen LogP contribution in [0.2, 0.25) is 0 Å². The van der Waals surface area contributed by atoms with E-state index in [-0.39, 0.29) is 11.8 Å². The molecule has 0 spiro atoms. The van der Waals surface area contributed by atoms with Crippen LogP contribution in [0.5, 0.6) is 0 Å². The smallest absolute Gasteiger partial charge is 0.252 e. The van der Waals surface area contributed by atoms with Crippen LogP contribution in [-0.2, 0) is 10.5 Å². The minimum absolute atomic E-state index is 0.129. The zero-order valence-corrected chi connectivity index (χ0v) is 15.6. The van der Waals surface area contributed by atoms with Gasteiger partial charge in [-0.2, -0.15) is 0 Å². The van der Waals surface area contributed by atoms with Crippen molar-refractivity contribution in [3.8, 4) is 0 Å². The molecule has 3 rings (SSSR count). The molecule has 0 atom stereocenters. The van der Waals surface area contributed by atoms with Gasteiger partial charge in [-0.1, -0.05) is 12.1 Å². The van der Waals surface area contributed by atoms with Gasteiger partial charge in [0.15, 0.2) is 0 Å². The number of hydrogen-bond donors (Lipinski definition) is 1. The fraction of sp³-hybridized carbons (Fsp3) is 0.389. The Morgan fingerprint density at radius 3 is 2.80 bits per heavy atom. The van der Waals surface area contributed by atoms with Crippen LogP contribution < -0.4 is 5.32 Å². The molecule has 1 aliphatic heterocycles. The Morgan fingerprint density at radius 2 is 2.04 bits per heavy atom. The zero-order chi connectivity index (χ0) is 17.5. The Hall–Kier alpha value is -1.86. The molecule has 2 aromatic rings. The molecule has 1 aliphatic rings. The molecule has 0 saturated carbocycles. The second-order valence-electron chi connectivity index (χ2n) is 5.86. The molecule has 132 valence electrons. The standard InChI is InChI=1S/C18H21N3O2S2/c22-17(21-9-3-4-10-21)7-8-19-18(23)15-5-1-2-6-16(15)25-12-14-11-24-13-20-14/h1-2,5-6,11,13H,3-4,7-10,12H2,(H,19,23). The molecule has 5 nitrogen and oxygen atoms in total. The van der Waals surface area contributed by atoms with Crippen molar-refractivity contribution in [2.75, 3.05) is 19.6 Å². The highest BCUT2D eigenvalue weighted by Crippen LogP contribution is 2.26. The fourth-order valence-electron chi connectivity index (χ4n) is 2.74. The van der Waals surface area contributed by atoms with Crippen molar-refractivity contribution in [3.63, 3.8) is 0 Å². The van der Waals surface area contributed by atoms with Gasteiger partial charge in [0.2, 0.25) is 5.91 Å². The molecule has 0 radical (unpaired) electrons. The number of rotatable bonds is 7. The molecule has 25 heavy (non-hydrogen) atoms. The first-order valence-corrected chi connectivity index (χ1v) is 10.3. The predicted octanol–water partition coefficient (Wildman–Crippen LogP) is 3.18. The van der Waals surface area contributed by atoms with Gasteiger partial charge in [-0.3, -0.25) is 9.59 Å². The van der Waals surface area contributed by atoms with Gasteiger partial charge in [-0.05, 0) is 25.0 Å². The van der Waals surface area contributed by atoms with Crippen LogP contribution in [0.25, 0.3) is 0 Å². The number of likely N-dealkylation sites (tertiary alicyclic amines) is 1. The fourth-order valence-corrected chi connectivity index (χ4v) is 4.36. The van der Waals surface area contributed by atoms with Crippen LogP contribution in [0.4, 0.5) is 0 Å². The molecule has 1 N–H and O–H groups in total. The largest absolute Gasteiger partial charge is 0.351 e. The Kier molecular flexibility index (Phi) is 6.47. The van der Waals surface area contributed by atoms with Gasteiger partial charge in [0, 0.05) is 42.1 Å². The highest BCUT2D eigenvalue weighted by molar-refractivity contribution is 7.98. The molecule has 0 aliphatic carbocycles. The van der Waals surface area contributed by atoms with Crippen molar-refractivity contribution in [2.45, 2.75) is 29.9 Å². The molecule has 7 heteroatoms. The van der Waals surface area contributed by atoms with E-state index in [4.69, 9.17) is 0 Å². The number of carbonyl (C=O) groups excluding carboxylic acids is 2. The van der Waals surface area contributed by atoms with Crippen LogP contribution in [0.15, 0.2) is 40.1 Å². The summed E-state index contributed by atoms with van der Waals surface area (Å²) in [6, 6.07) is 7.55. The third-order valence-corrected chi connectivity index (χ3v) is 5.82. The van der Waals surface area contributed by atoms with Gasteiger partial charge in [0.05, 0.1) is 16.8 Å². The average molecular weight is 376 g/mol. The van der Waals surface area contributed by atoms with E-state index in [1.165, 1.54) is 0 Å². The quantitative estimate of drug-likeness (QED) is 0.755. The van der Waals surface area contributed by atoms with Crippen molar-refractivity contribution in [2.24, 2.45) is 0 Å². The van der Waals surface area contributed by atoms with Crippen molar-refractivity contribution >= 4 is 34.9 Å². The maximum absolute atomic E-state index is 12.5. The van der Waals surface area contributed by atoms with Gasteiger partial charge in [0.25, 0.3) is 5.91 Å². The summed E-state index contributed by atoms with van der Waals surface area (Å²) in [6.07, 6.45) is 2.53. The topological polar surface area (TPSA) is 62.3 Å². The molecule has 0 bridgehead atoms. The highest BCUT2D eigenvalue weighted by atomic mass is 32.2. The molecule has 0 unspecified atom stereocenters. The monoisotopic (exact) mass is 375 g/mol. The van der Waals surface area contributed by atoms with Crippen molar-refractivity contribution in [1.29, 1.82) is 0 Å². The van der Waals surface area contributed by atoms with Crippen LogP contribution >= 0.6 is 23.1 Å². The van der Waals surface area contributed by atoms with E-state index in [2.05, 4.69) is 10.3 Å². The summed E-state index contributed by atoms with van der Waals surface area (Å²) >= 11 is 3.17. The first-order chi connectivity index (χ1) is 12.2. The second kappa shape index (κ2) is 9.01. The molecule has 1 fully saturated rings. The Labute approximate surface area is 155 Å². The van der Waals surface area contributed by atoms with Crippen LogP contribution in [0.3, 0.4) is 0 Å². The number of thiazole rings is 1. The van der Waals surface area contributed by atoms with E-state index in [0.717, 1.165) is 42.3 Å². The van der Waals surface area contributed by atoms with E-state index in [1.54, 1.807) is 23.1 Å². The molecular weight excluding hydrogens is 354 g/mol. The average Bonchev–Trinajstić information content (AvgIpc) is 3.33. The Morgan fingerprint density at radius 1 is 1.24 bits per heavy atom. The third kappa shape index (κ3) is 5.06. The van der Waals surface area contributed by atoms with E-state index in [9.17, 15) is 9.59 Å². The minimum Gasteiger partial charge on any atom is -0.351 e. The van der Waals surface area contributed by atoms with E-state index in [0.29, 0.717) is 18.5 Å². The Bertz CT molecular complexity index is 713.